The van der Waals surface area contributed by atoms with Crippen molar-refractivity contribution in [2.75, 3.05) is 18.0 Å². The molecule has 8 nitrogen and oxygen atoms in total. The molecule has 1 saturated heterocycles. The lowest BCUT2D eigenvalue weighted by Crippen LogP contribution is -2.37. The van der Waals surface area contributed by atoms with E-state index in [1.807, 2.05) is 36.4 Å². The van der Waals surface area contributed by atoms with Gasteiger partial charge in [-0.2, -0.15) is 10.1 Å². The molecule has 0 atom stereocenters. The van der Waals surface area contributed by atoms with Gasteiger partial charge in [-0.1, -0.05) is 37.3 Å². The van der Waals surface area contributed by atoms with Crippen LogP contribution >= 0.6 is 0 Å². The van der Waals surface area contributed by atoms with Crippen LogP contribution in [0.15, 0.2) is 65.6 Å². The van der Waals surface area contributed by atoms with Gasteiger partial charge in [0, 0.05) is 25.6 Å². The third-order valence-corrected chi connectivity index (χ3v) is 6.54. The van der Waals surface area contributed by atoms with Crippen LogP contribution in [-0.4, -0.2) is 42.4 Å². The van der Waals surface area contributed by atoms with E-state index in [2.05, 4.69) is 44.7 Å². The van der Waals surface area contributed by atoms with E-state index >= 15 is 0 Å². The van der Waals surface area contributed by atoms with Gasteiger partial charge in [0.05, 0.1) is 22.9 Å². The first-order valence-electron chi connectivity index (χ1n) is 11.5. The van der Waals surface area contributed by atoms with Crippen molar-refractivity contribution in [2.24, 2.45) is 0 Å². The third-order valence-electron chi connectivity index (χ3n) is 6.54. The van der Waals surface area contributed by atoms with Crippen molar-refractivity contribution in [3.8, 4) is 5.69 Å². The Balaban J connectivity index is 1.30. The van der Waals surface area contributed by atoms with Gasteiger partial charge < -0.3 is 9.47 Å². The number of rotatable bonds is 4. The second-order valence-electron chi connectivity index (χ2n) is 8.48. The second-order valence-corrected chi connectivity index (χ2v) is 8.48. The molecule has 3 aromatic heterocycles. The largest absolute Gasteiger partial charge is 0.342 e. The van der Waals surface area contributed by atoms with Crippen LogP contribution in [0.4, 0.5) is 5.95 Å². The SMILES string of the molecule is CCc1nc2ccccc2n1C1CCN(c2nc3c(cnn3-c3ccccc3)c(=O)[nH]2)CC1. The van der Waals surface area contributed by atoms with E-state index < -0.39 is 0 Å². The standard InChI is InChI=1S/C25H25N7O/c1-2-22-27-20-10-6-7-11-21(20)31(22)17-12-14-30(15-13-17)25-28-23-19(24(33)29-25)16-26-32(23)18-8-4-3-5-9-18/h3-11,16-17H,2,12-15H2,1H3,(H,28,29,33). The number of para-hydroxylation sites is 3. The number of aromatic amines is 1. The van der Waals surface area contributed by atoms with Crippen LogP contribution in [0, 0.1) is 0 Å². The average Bonchev–Trinajstić information content (AvgIpc) is 3.46. The molecule has 1 aliphatic rings. The molecule has 2 aromatic carbocycles. The minimum atomic E-state index is -0.159. The van der Waals surface area contributed by atoms with Gasteiger partial charge in [-0.05, 0) is 37.1 Å². The molecule has 8 heteroatoms. The molecule has 33 heavy (non-hydrogen) atoms. The molecule has 0 unspecified atom stereocenters. The molecule has 0 radical (unpaired) electrons. The average molecular weight is 440 g/mol. The number of nitrogens with zero attached hydrogens (tertiary/aromatic N) is 6. The normalized spacial score (nSPS) is 15.0. The zero-order valence-corrected chi connectivity index (χ0v) is 18.5. The molecular weight excluding hydrogens is 414 g/mol. The smallest absolute Gasteiger partial charge is 0.263 e. The summed E-state index contributed by atoms with van der Waals surface area (Å²) in [7, 11) is 0. The van der Waals surface area contributed by atoms with E-state index in [0.717, 1.165) is 49.4 Å². The number of aromatic nitrogens is 6. The zero-order valence-electron chi connectivity index (χ0n) is 18.5. The first kappa shape index (κ1) is 19.7. The van der Waals surface area contributed by atoms with Crippen molar-refractivity contribution < 1.29 is 0 Å². The number of fused-ring (bicyclic) bond motifs is 2. The van der Waals surface area contributed by atoms with E-state index in [9.17, 15) is 4.79 Å². The summed E-state index contributed by atoms with van der Waals surface area (Å²) in [5.41, 5.74) is 3.56. The minimum Gasteiger partial charge on any atom is -0.342 e. The van der Waals surface area contributed by atoms with Crippen molar-refractivity contribution >= 4 is 28.0 Å². The Morgan fingerprint density at radius 1 is 1.00 bits per heavy atom. The quantitative estimate of drug-likeness (QED) is 0.460. The maximum atomic E-state index is 12.8. The number of benzene rings is 2. The minimum absolute atomic E-state index is 0.159. The van der Waals surface area contributed by atoms with Crippen LogP contribution in [0.1, 0.15) is 31.6 Å². The maximum Gasteiger partial charge on any atom is 0.263 e. The van der Waals surface area contributed by atoms with Gasteiger partial charge in [0.15, 0.2) is 5.65 Å². The van der Waals surface area contributed by atoms with Crippen LogP contribution in [0.2, 0.25) is 0 Å². The molecule has 0 amide bonds. The van der Waals surface area contributed by atoms with Crippen molar-refractivity contribution in [2.45, 2.75) is 32.2 Å². The number of hydrogen-bond acceptors (Lipinski definition) is 5. The van der Waals surface area contributed by atoms with E-state index in [4.69, 9.17) is 9.97 Å². The highest BCUT2D eigenvalue weighted by Gasteiger charge is 2.26. The topological polar surface area (TPSA) is 84.6 Å². The monoisotopic (exact) mass is 439 g/mol. The van der Waals surface area contributed by atoms with Gasteiger partial charge in [-0.25, -0.2) is 9.67 Å². The van der Waals surface area contributed by atoms with Crippen LogP contribution in [0.3, 0.4) is 0 Å². The van der Waals surface area contributed by atoms with Crippen molar-refractivity contribution in [1.29, 1.82) is 0 Å². The molecule has 1 fully saturated rings. The van der Waals surface area contributed by atoms with Gasteiger partial charge in [0.2, 0.25) is 5.95 Å². The number of aryl methyl sites for hydroxylation is 1. The Bertz CT molecular complexity index is 1490. The summed E-state index contributed by atoms with van der Waals surface area (Å²) in [6.07, 6.45) is 4.42. The maximum absolute atomic E-state index is 12.8. The third kappa shape index (κ3) is 3.29. The van der Waals surface area contributed by atoms with Crippen LogP contribution < -0.4 is 10.5 Å². The Morgan fingerprint density at radius 2 is 1.76 bits per heavy atom. The Labute approximate surface area is 190 Å². The summed E-state index contributed by atoms with van der Waals surface area (Å²) in [6.45, 7) is 3.79. The Hall–Kier alpha value is -3.94. The lowest BCUT2D eigenvalue weighted by atomic mass is 10.0. The molecular formula is C25H25N7O. The number of H-pyrrole nitrogens is 1. The molecule has 4 heterocycles. The van der Waals surface area contributed by atoms with Gasteiger partial charge in [0.1, 0.15) is 11.2 Å². The fourth-order valence-electron chi connectivity index (χ4n) is 4.90. The van der Waals surface area contributed by atoms with E-state index in [0.29, 0.717) is 23.0 Å². The summed E-state index contributed by atoms with van der Waals surface area (Å²) in [5, 5.41) is 4.91. The molecule has 0 spiro atoms. The number of nitrogens with one attached hydrogen (secondary N) is 1. The van der Waals surface area contributed by atoms with Crippen LogP contribution in [-0.2, 0) is 6.42 Å². The summed E-state index contributed by atoms with van der Waals surface area (Å²) in [6, 6.07) is 18.5. The van der Waals surface area contributed by atoms with Crippen LogP contribution in [0.25, 0.3) is 27.8 Å². The van der Waals surface area contributed by atoms with Crippen molar-refractivity contribution in [3.05, 3.63) is 77.0 Å². The van der Waals surface area contributed by atoms with Gasteiger partial charge >= 0.3 is 0 Å². The summed E-state index contributed by atoms with van der Waals surface area (Å²) < 4.78 is 4.14. The lowest BCUT2D eigenvalue weighted by molar-refractivity contribution is 0.392. The molecule has 1 N–H and O–H groups in total. The molecule has 0 saturated carbocycles. The lowest BCUT2D eigenvalue weighted by Gasteiger charge is -2.33. The molecule has 0 bridgehead atoms. The fraction of sp³-hybridized carbons (Fsp3) is 0.280. The molecule has 166 valence electrons. The Morgan fingerprint density at radius 3 is 2.55 bits per heavy atom. The first-order chi connectivity index (χ1) is 16.2. The highest BCUT2D eigenvalue weighted by atomic mass is 16.1. The Kier molecular flexibility index (Phi) is 4.71. The van der Waals surface area contributed by atoms with Gasteiger partial charge in [-0.15, -0.1) is 0 Å². The number of imidazole rings is 1. The van der Waals surface area contributed by atoms with Crippen molar-refractivity contribution in [3.63, 3.8) is 0 Å². The summed E-state index contributed by atoms with van der Waals surface area (Å²) >= 11 is 0. The predicted molar refractivity (Wildman–Crippen MR) is 129 cm³/mol. The molecule has 1 aliphatic heterocycles. The molecule has 0 aliphatic carbocycles. The zero-order chi connectivity index (χ0) is 22.4. The number of piperidine rings is 1. The van der Waals surface area contributed by atoms with Crippen molar-refractivity contribution in [1.82, 2.24) is 29.3 Å². The highest BCUT2D eigenvalue weighted by Crippen LogP contribution is 2.30. The van der Waals surface area contributed by atoms with E-state index in [1.165, 1.54) is 5.52 Å². The summed E-state index contributed by atoms with van der Waals surface area (Å²) in [4.78, 5) is 27.6. The second kappa shape index (κ2) is 7.88. The van der Waals surface area contributed by atoms with Gasteiger partial charge in [-0.3, -0.25) is 9.78 Å². The summed E-state index contributed by atoms with van der Waals surface area (Å²) in [5.74, 6) is 1.74. The van der Waals surface area contributed by atoms with Crippen LogP contribution in [0.5, 0.6) is 0 Å². The van der Waals surface area contributed by atoms with E-state index in [1.54, 1.807) is 10.9 Å². The van der Waals surface area contributed by atoms with Gasteiger partial charge in [0.25, 0.3) is 5.56 Å². The number of anilines is 1. The predicted octanol–water partition coefficient (Wildman–Crippen LogP) is 3.86. The molecule has 6 rings (SSSR count). The number of hydrogen-bond donors (Lipinski definition) is 1. The fourth-order valence-corrected chi connectivity index (χ4v) is 4.90. The van der Waals surface area contributed by atoms with E-state index in [-0.39, 0.29) is 5.56 Å². The first-order valence-corrected chi connectivity index (χ1v) is 11.5. The highest BCUT2D eigenvalue weighted by molar-refractivity contribution is 5.77. The molecule has 5 aromatic rings.